The summed E-state index contributed by atoms with van der Waals surface area (Å²) in [5, 5.41) is 4.07. The zero-order valence-electron chi connectivity index (χ0n) is 13.3. The first-order valence-electron chi connectivity index (χ1n) is 7.61. The molecule has 4 nitrogen and oxygen atoms in total. The quantitative estimate of drug-likeness (QED) is 0.753. The number of fused-ring (bicyclic) bond motifs is 1. The van der Waals surface area contributed by atoms with Gasteiger partial charge in [0.15, 0.2) is 0 Å². The molecule has 0 spiro atoms. The van der Waals surface area contributed by atoms with Crippen molar-refractivity contribution in [3.05, 3.63) is 65.4 Å². The van der Waals surface area contributed by atoms with Crippen LogP contribution in [0.25, 0.3) is 10.9 Å². The fourth-order valence-electron chi connectivity index (χ4n) is 2.83. The van der Waals surface area contributed by atoms with Crippen molar-refractivity contribution in [2.75, 3.05) is 12.4 Å². The number of aromatic amines is 1. The molecular weight excluding hydrogens is 288 g/mol. The number of carbonyl (C=O) groups excluding carboxylic acids is 1. The molecule has 4 heteroatoms. The van der Waals surface area contributed by atoms with Gasteiger partial charge in [0.2, 0.25) is 5.91 Å². The molecule has 0 aliphatic rings. The van der Waals surface area contributed by atoms with Crippen LogP contribution in [0.3, 0.4) is 0 Å². The van der Waals surface area contributed by atoms with Crippen LogP contribution in [0.4, 0.5) is 5.69 Å². The second-order valence-electron chi connectivity index (χ2n) is 5.63. The largest absolute Gasteiger partial charge is 0.380 e. The highest BCUT2D eigenvalue weighted by Crippen LogP contribution is 2.22. The van der Waals surface area contributed by atoms with Crippen molar-refractivity contribution in [1.29, 1.82) is 0 Å². The Morgan fingerprint density at radius 3 is 2.83 bits per heavy atom. The number of hydrogen-bond acceptors (Lipinski definition) is 2. The number of rotatable bonds is 5. The first kappa shape index (κ1) is 15.3. The maximum absolute atomic E-state index is 12.4. The lowest BCUT2D eigenvalue weighted by atomic mass is 10.1. The third-order valence-corrected chi connectivity index (χ3v) is 3.89. The van der Waals surface area contributed by atoms with Gasteiger partial charge in [-0.25, -0.2) is 0 Å². The van der Waals surface area contributed by atoms with Gasteiger partial charge in [-0.2, -0.15) is 0 Å². The molecule has 2 N–H and O–H groups in total. The normalized spacial score (nSPS) is 10.9. The molecule has 2 aromatic carbocycles. The molecule has 0 aliphatic heterocycles. The molecule has 118 valence electrons. The number of amides is 1. The van der Waals surface area contributed by atoms with Crippen molar-refractivity contribution in [3.8, 4) is 0 Å². The predicted octanol–water partition coefficient (Wildman–Crippen LogP) is 3.80. The summed E-state index contributed by atoms with van der Waals surface area (Å²) < 4.78 is 5.12. The number of ether oxygens (including phenoxy) is 1. The zero-order chi connectivity index (χ0) is 16.2. The van der Waals surface area contributed by atoms with Gasteiger partial charge in [-0.15, -0.1) is 0 Å². The van der Waals surface area contributed by atoms with Gasteiger partial charge in [0.1, 0.15) is 0 Å². The molecule has 1 aromatic heterocycles. The average molecular weight is 308 g/mol. The van der Waals surface area contributed by atoms with Gasteiger partial charge in [0.25, 0.3) is 0 Å². The summed E-state index contributed by atoms with van der Waals surface area (Å²) in [6, 6.07) is 15.8. The van der Waals surface area contributed by atoms with Gasteiger partial charge >= 0.3 is 0 Å². The first-order valence-corrected chi connectivity index (χ1v) is 7.61. The Bertz CT molecular complexity index is 836. The highest BCUT2D eigenvalue weighted by atomic mass is 16.5. The molecule has 0 aliphatic carbocycles. The van der Waals surface area contributed by atoms with Crippen LogP contribution in [0.15, 0.2) is 48.5 Å². The molecule has 0 atom stereocenters. The Morgan fingerprint density at radius 2 is 2.00 bits per heavy atom. The van der Waals surface area contributed by atoms with E-state index >= 15 is 0 Å². The van der Waals surface area contributed by atoms with Crippen molar-refractivity contribution in [2.24, 2.45) is 0 Å². The van der Waals surface area contributed by atoms with E-state index in [9.17, 15) is 4.79 Å². The molecular formula is C19H20N2O2. The zero-order valence-corrected chi connectivity index (χ0v) is 13.3. The van der Waals surface area contributed by atoms with E-state index in [1.165, 1.54) is 0 Å². The Hall–Kier alpha value is -2.59. The van der Waals surface area contributed by atoms with Gasteiger partial charge in [-0.3, -0.25) is 4.79 Å². The number of para-hydroxylation sites is 1. The van der Waals surface area contributed by atoms with Crippen LogP contribution in [0.5, 0.6) is 0 Å². The standard InChI is InChI=1S/C19H20N2O2/c1-13-17(16-8-3-4-9-18(16)20-13)11-19(22)21-15-7-5-6-14(10-15)12-23-2/h3-10,20H,11-12H2,1-2H3,(H,21,22). The molecule has 0 bridgehead atoms. The second kappa shape index (κ2) is 6.67. The van der Waals surface area contributed by atoms with E-state index in [0.29, 0.717) is 13.0 Å². The van der Waals surface area contributed by atoms with Crippen LogP contribution < -0.4 is 5.32 Å². The highest BCUT2D eigenvalue weighted by molar-refractivity contribution is 5.96. The minimum atomic E-state index is -0.0209. The predicted molar refractivity (Wildman–Crippen MR) is 92.5 cm³/mol. The lowest BCUT2D eigenvalue weighted by Crippen LogP contribution is -2.15. The number of hydrogen-bond donors (Lipinski definition) is 2. The number of aryl methyl sites for hydroxylation is 1. The number of anilines is 1. The van der Waals surface area contributed by atoms with Crippen LogP contribution in [0, 0.1) is 6.92 Å². The third-order valence-electron chi connectivity index (χ3n) is 3.89. The Kier molecular flexibility index (Phi) is 4.44. The highest BCUT2D eigenvalue weighted by Gasteiger charge is 2.12. The van der Waals surface area contributed by atoms with E-state index in [1.807, 2.05) is 55.5 Å². The lowest BCUT2D eigenvalue weighted by Gasteiger charge is -2.07. The van der Waals surface area contributed by atoms with Crippen molar-refractivity contribution < 1.29 is 9.53 Å². The summed E-state index contributed by atoms with van der Waals surface area (Å²) in [6.45, 7) is 2.53. The Morgan fingerprint density at radius 1 is 1.17 bits per heavy atom. The van der Waals surface area contributed by atoms with Crippen LogP contribution in [-0.2, 0) is 22.6 Å². The van der Waals surface area contributed by atoms with Gasteiger partial charge in [0, 0.05) is 29.4 Å². The molecule has 0 fully saturated rings. The summed E-state index contributed by atoms with van der Waals surface area (Å²) >= 11 is 0. The van der Waals surface area contributed by atoms with Gasteiger partial charge in [-0.05, 0) is 36.2 Å². The minimum absolute atomic E-state index is 0.0209. The maximum Gasteiger partial charge on any atom is 0.228 e. The van der Waals surface area contributed by atoms with Crippen LogP contribution >= 0.6 is 0 Å². The van der Waals surface area contributed by atoms with E-state index in [2.05, 4.69) is 10.3 Å². The number of benzene rings is 2. The number of carbonyl (C=O) groups is 1. The molecule has 0 radical (unpaired) electrons. The Balaban J connectivity index is 1.76. The first-order chi connectivity index (χ1) is 11.2. The smallest absolute Gasteiger partial charge is 0.228 e. The molecule has 0 saturated carbocycles. The van der Waals surface area contributed by atoms with Crippen molar-refractivity contribution in [1.82, 2.24) is 4.98 Å². The molecule has 1 amide bonds. The Labute approximate surface area is 135 Å². The number of methoxy groups -OCH3 is 1. The van der Waals surface area contributed by atoms with E-state index in [-0.39, 0.29) is 5.91 Å². The molecule has 0 unspecified atom stereocenters. The van der Waals surface area contributed by atoms with E-state index in [4.69, 9.17) is 4.74 Å². The van der Waals surface area contributed by atoms with E-state index in [0.717, 1.165) is 33.4 Å². The van der Waals surface area contributed by atoms with Gasteiger partial charge in [0.05, 0.1) is 13.0 Å². The summed E-state index contributed by atoms with van der Waals surface area (Å²) in [6.07, 6.45) is 0.352. The topological polar surface area (TPSA) is 54.1 Å². The van der Waals surface area contributed by atoms with Crippen molar-refractivity contribution in [3.63, 3.8) is 0 Å². The summed E-state index contributed by atoms with van der Waals surface area (Å²) in [7, 11) is 1.66. The molecule has 0 saturated heterocycles. The number of nitrogens with one attached hydrogen (secondary N) is 2. The lowest BCUT2D eigenvalue weighted by molar-refractivity contribution is -0.115. The molecule has 23 heavy (non-hydrogen) atoms. The third kappa shape index (κ3) is 3.43. The van der Waals surface area contributed by atoms with E-state index < -0.39 is 0 Å². The minimum Gasteiger partial charge on any atom is -0.380 e. The van der Waals surface area contributed by atoms with Crippen molar-refractivity contribution >= 4 is 22.5 Å². The fourth-order valence-corrected chi connectivity index (χ4v) is 2.83. The molecule has 3 aromatic rings. The van der Waals surface area contributed by atoms with E-state index in [1.54, 1.807) is 7.11 Å². The fraction of sp³-hybridized carbons (Fsp3) is 0.211. The van der Waals surface area contributed by atoms with Crippen LogP contribution in [0.2, 0.25) is 0 Å². The van der Waals surface area contributed by atoms with Crippen LogP contribution in [0.1, 0.15) is 16.8 Å². The average Bonchev–Trinajstić information content (AvgIpc) is 2.84. The maximum atomic E-state index is 12.4. The monoisotopic (exact) mass is 308 g/mol. The van der Waals surface area contributed by atoms with Gasteiger partial charge < -0.3 is 15.0 Å². The van der Waals surface area contributed by atoms with Gasteiger partial charge in [-0.1, -0.05) is 30.3 Å². The summed E-state index contributed by atoms with van der Waals surface area (Å²) in [5.74, 6) is -0.0209. The number of H-pyrrole nitrogens is 1. The number of aromatic nitrogens is 1. The second-order valence-corrected chi connectivity index (χ2v) is 5.63. The molecule has 3 rings (SSSR count). The van der Waals surface area contributed by atoms with Crippen LogP contribution in [-0.4, -0.2) is 18.0 Å². The summed E-state index contributed by atoms with van der Waals surface area (Å²) in [5.41, 5.74) is 4.98. The SMILES string of the molecule is COCc1cccc(NC(=O)Cc2c(C)[nH]c3ccccc23)c1. The van der Waals surface area contributed by atoms with Crippen molar-refractivity contribution in [2.45, 2.75) is 20.0 Å². The summed E-state index contributed by atoms with van der Waals surface area (Å²) in [4.78, 5) is 15.7. The molecule has 1 heterocycles.